The average Bonchev–Trinajstić information content (AvgIpc) is 2.18. The van der Waals surface area contributed by atoms with Gasteiger partial charge in [-0.15, -0.1) is 11.6 Å². The summed E-state index contributed by atoms with van der Waals surface area (Å²) in [4.78, 5) is 22.1. The molecule has 1 aromatic rings. The summed E-state index contributed by atoms with van der Waals surface area (Å²) in [5.74, 6) is -0.858. The Hall–Kier alpha value is -1.55. The van der Waals surface area contributed by atoms with Crippen LogP contribution in [-0.4, -0.2) is 17.2 Å². The Morgan fingerprint density at radius 2 is 2.13 bits per heavy atom. The van der Waals surface area contributed by atoms with Crippen molar-refractivity contribution in [2.75, 3.05) is 5.32 Å². The van der Waals surface area contributed by atoms with Gasteiger partial charge in [0.05, 0.1) is 0 Å². The number of halogens is 1. The minimum Gasteiger partial charge on any atom is -0.366 e. The summed E-state index contributed by atoms with van der Waals surface area (Å²) in [6.07, 6.45) is 0. The largest absolute Gasteiger partial charge is 0.366 e. The van der Waals surface area contributed by atoms with Crippen molar-refractivity contribution in [3.8, 4) is 0 Å². The van der Waals surface area contributed by atoms with E-state index in [1.54, 1.807) is 25.1 Å². The van der Waals surface area contributed by atoms with Gasteiger partial charge in [0.2, 0.25) is 11.8 Å². The Bertz CT molecular complexity index is 391. The molecule has 0 radical (unpaired) electrons. The van der Waals surface area contributed by atoms with Gasteiger partial charge in [-0.05, 0) is 25.1 Å². The van der Waals surface area contributed by atoms with E-state index in [0.29, 0.717) is 11.3 Å². The van der Waals surface area contributed by atoms with Crippen LogP contribution in [0, 0.1) is 0 Å². The summed E-state index contributed by atoms with van der Waals surface area (Å²) in [5, 5.41) is 1.94. The second-order valence-electron chi connectivity index (χ2n) is 3.05. The molecule has 0 aliphatic carbocycles. The molecule has 1 atom stereocenters. The minimum atomic E-state index is -0.623. The lowest BCUT2D eigenvalue weighted by molar-refractivity contribution is -0.115. The van der Waals surface area contributed by atoms with Crippen molar-refractivity contribution in [3.63, 3.8) is 0 Å². The molecule has 3 N–H and O–H groups in total. The first-order valence-corrected chi connectivity index (χ1v) is 4.79. The molecule has 1 rings (SSSR count). The maximum atomic E-state index is 11.2. The Balaban J connectivity index is 2.83. The van der Waals surface area contributed by atoms with Crippen molar-refractivity contribution >= 4 is 29.1 Å². The summed E-state index contributed by atoms with van der Waals surface area (Å²) in [7, 11) is 0. The Labute approximate surface area is 92.4 Å². The lowest BCUT2D eigenvalue weighted by Crippen LogP contribution is -2.20. The maximum Gasteiger partial charge on any atom is 0.248 e. The molecule has 0 aliphatic heterocycles. The number of rotatable bonds is 3. The van der Waals surface area contributed by atoms with E-state index in [-0.39, 0.29) is 5.91 Å². The fourth-order valence-electron chi connectivity index (χ4n) is 0.992. The Morgan fingerprint density at radius 3 is 2.67 bits per heavy atom. The number of hydrogen-bond donors (Lipinski definition) is 2. The van der Waals surface area contributed by atoms with Crippen LogP contribution in [0.5, 0.6) is 0 Å². The van der Waals surface area contributed by atoms with Gasteiger partial charge in [0.1, 0.15) is 5.38 Å². The molecule has 0 fully saturated rings. The van der Waals surface area contributed by atoms with Gasteiger partial charge in [-0.3, -0.25) is 9.59 Å². The molecule has 1 aromatic carbocycles. The third-order valence-corrected chi connectivity index (χ3v) is 1.97. The summed E-state index contributed by atoms with van der Waals surface area (Å²) in [6, 6.07) is 6.36. The molecule has 0 spiro atoms. The normalized spacial score (nSPS) is 11.9. The van der Waals surface area contributed by atoms with Crippen molar-refractivity contribution in [1.82, 2.24) is 0 Å². The van der Waals surface area contributed by atoms with E-state index in [9.17, 15) is 9.59 Å². The van der Waals surface area contributed by atoms with Gasteiger partial charge in [-0.25, -0.2) is 0 Å². The highest BCUT2D eigenvalue weighted by molar-refractivity contribution is 6.32. The molecule has 4 nitrogen and oxygen atoms in total. The van der Waals surface area contributed by atoms with Gasteiger partial charge >= 0.3 is 0 Å². The quantitative estimate of drug-likeness (QED) is 0.764. The predicted octanol–water partition coefficient (Wildman–Crippen LogP) is 1.35. The second-order valence-corrected chi connectivity index (χ2v) is 3.70. The molecule has 0 aliphatic rings. The molecule has 5 heteroatoms. The van der Waals surface area contributed by atoms with Gasteiger partial charge in [0.25, 0.3) is 0 Å². The minimum absolute atomic E-state index is 0.321. The number of primary amides is 1. The van der Waals surface area contributed by atoms with Crippen LogP contribution in [0.3, 0.4) is 0 Å². The van der Waals surface area contributed by atoms with E-state index in [1.165, 1.54) is 6.07 Å². The van der Waals surface area contributed by atoms with E-state index >= 15 is 0 Å². The number of carbonyl (C=O) groups is 2. The third kappa shape index (κ3) is 3.25. The van der Waals surface area contributed by atoms with Gasteiger partial charge in [0.15, 0.2) is 0 Å². The smallest absolute Gasteiger partial charge is 0.248 e. The molecule has 15 heavy (non-hydrogen) atoms. The molecule has 0 bridgehead atoms. The van der Waals surface area contributed by atoms with Crippen LogP contribution in [0.25, 0.3) is 0 Å². The topological polar surface area (TPSA) is 72.2 Å². The van der Waals surface area contributed by atoms with Crippen molar-refractivity contribution in [1.29, 1.82) is 0 Å². The Kier molecular flexibility index (Phi) is 3.68. The first-order chi connectivity index (χ1) is 7.00. The highest BCUT2D eigenvalue weighted by Crippen LogP contribution is 2.11. The predicted molar refractivity (Wildman–Crippen MR) is 58.9 cm³/mol. The average molecular weight is 227 g/mol. The first-order valence-electron chi connectivity index (χ1n) is 4.35. The van der Waals surface area contributed by atoms with Crippen LogP contribution >= 0.6 is 11.6 Å². The highest BCUT2D eigenvalue weighted by Gasteiger charge is 2.09. The summed E-state index contributed by atoms with van der Waals surface area (Å²) in [6.45, 7) is 1.56. The van der Waals surface area contributed by atoms with E-state index < -0.39 is 11.3 Å². The monoisotopic (exact) mass is 226 g/mol. The van der Waals surface area contributed by atoms with Crippen LogP contribution < -0.4 is 11.1 Å². The number of hydrogen-bond acceptors (Lipinski definition) is 2. The van der Waals surface area contributed by atoms with E-state index in [1.807, 2.05) is 0 Å². The zero-order valence-corrected chi connectivity index (χ0v) is 8.91. The molecule has 0 saturated heterocycles. The molecular formula is C10H11ClN2O2. The van der Waals surface area contributed by atoms with Crippen LogP contribution in [0.2, 0.25) is 0 Å². The SMILES string of the molecule is C[C@H](Cl)C(=O)Nc1cccc(C(N)=O)c1. The van der Waals surface area contributed by atoms with Crippen LogP contribution in [0.1, 0.15) is 17.3 Å². The Morgan fingerprint density at radius 1 is 1.47 bits per heavy atom. The fourth-order valence-corrected chi connectivity index (χ4v) is 1.05. The van der Waals surface area contributed by atoms with Gasteiger partial charge in [-0.2, -0.15) is 0 Å². The van der Waals surface area contributed by atoms with Gasteiger partial charge in [-0.1, -0.05) is 6.07 Å². The molecule has 0 unspecified atom stereocenters. The van der Waals surface area contributed by atoms with Crippen LogP contribution in [0.4, 0.5) is 5.69 Å². The van der Waals surface area contributed by atoms with Crippen LogP contribution in [-0.2, 0) is 4.79 Å². The van der Waals surface area contributed by atoms with Gasteiger partial charge < -0.3 is 11.1 Å². The molecule has 0 aromatic heterocycles. The third-order valence-electron chi connectivity index (χ3n) is 1.78. The van der Waals surface area contributed by atoms with Crippen molar-refractivity contribution in [3.05, 3.63) is 29.8 Å². The number of nitrogens with one attached hydrogen (secondary N) is 1. The fraction of sp³-hybridized carbons (Fsp3) is 0.200. The van der Waals surface area contributed by atoms with Crippen LogP contribution in [0.15, 0.2) is 24.3 Å². The lowest BCUT2D eigenvalue weighted by atomic mass is 10.2. The first kappa shape index (κ1) is 11.5. The van der Waals surface area contributed by atoms with E-state index in [4.69, 9.17) is 17.3 Å². The molecule has 2 amide bonds. The molecule has 80 valence electrons. The number of carbonyl (C=O) groups excluding carboxylic acids is 2. The number of amides is 2. The van der Waals surface area contributed by atoms with Gasteiger partial charge in [0, 0.05) is 11.3 Å². The maximum absolute atomic E-state index is 11.2. The summed E-state index contributed by atoms with van der Waals surface area (Å²) in [5.41, 5.74) is 5.94. The second kappa shape index (κ2) is 4.79. The number of nitrogens with two attached hydrogens (primary N) is 1. The summed E-state index contributed by atoms with van der Waals surface area (Å²) < 4.78 is 0. The number of alkyl halides is 1. The molecular weight excluding hydrogens is 216 g/mol. The van der Waals surface area contributed by atoms with E-state index in [2.05, 4.69) is 5.32 Å². The lowest BCUT2D eigenvalue weighted by Gasteiger charge is -2.06. The zero-order chi connectivity index (χ0) is 11.4. The standard InChI is InChI=1S/C10H11ClN2O2/c1-6(11)10(15)13-8-4-2-3-7(5-8)9(12)14/h2-6H,1H3,(H2,12,14)(H,13,15)/t6-/m0/s1. The zero-order valence-electron chi connectivity index (χ0n) is 8.16. The number of benzene rings is 1. The highest BCUT2D eigenvalue weighted by atomic mass is 35.5. The van der Waals surface area contributed by atoms with E-state index in [0.717, 1.165) is 0 Å². The summed E-state index contributed by atoms with van der Waals surface area (Å²) >= 11 is 5.58. The van der Waals surface area contributed by atoms with Crippen molar-refractivity contribution < 1.29 is 9.59 Å². The molecule has 0 heterocycles. The van der Waals surface area contributed by atoms with Crippen molar-refractivity contribution in [2.45, 2.75) is 12.3 Å². The number of anilines is 1. The molecule has 0 saturated carbocycles. The van der Waals surface area contributed by atoms with Crippen molar-refractivity contribution in [2.24, 2.45) is 5.73 Å².